The van der Waals surface area contributed by atoms with E-state index in [4.69, 9.17) is 10.5 Å². The molecule has 0 aliphatic carbocycles. The number of aryl methyl sites for hydroxylation is 1. The van der Waals surface area contributed by atoms with E-state index < -0.39 is 5.82 Å². The molecule has 0 unspecified atom stereocenters. The lowest BCUT2D eigenvalue weighted by molar-refractivity contribution is 0.242. The average molecular weight is 261 g/mol. The van der Waals surface area contributed by atoms with Gasteiger partial charge < -0.3 is 10.5 Å². The second-order valence-corrected chi connectivity index (χ2v) is 4.52. The van der Waals surface area contributed by atoms with E-state index in [-0.39, 0.29) is 17.6 Å². The molecule has 0 saturated heterocycles. The van der Waals surface area contributed by atoms with Crippen molar-refractivity contribution in [2.45, 2.75) is 26.9 Å². The molecule has 0 atom stereocenters. The Kier molecular flexibility index (Phi) is 3.64. The topological polar surface area (TPSA) is 61.0 Å². The minimum Gasteiger partial charge on any atom is -0.491 e. The number of nitrogens with zero attached hydrogens (tertiary/aromatic N) is 2. The van der Waals surface area contributed by atoms with Gasteiger partial charge in [-0.25, -0.2) is 14.4 Å². The fourth-order valence-electron chi connectivity index (χ4n) is 1.67. The minimum absolute atomic E-state index is 0.116. The Labute approximate surface area is 111 Å². The minimum atomic E-state index is -0.566. The first-order chi connectivity index (χ1) is 8.97. The van der Waals surface area contributed by atoms with Crippen molar-refractivity contribution >= 4 is 5.82 Å². The summed E-state index contributed by atoms with van der Waals surface area (Å²) in [7, 11) is 0. The predicted molar refractivity (Wildman–Crippen MR) is 72.3 cm³/mol. The van der Waals surface area contributed by atoms with Crippen LogP contribution in [0.1, 0.15) is 19.5 Å². The number of rotatable bonds is 3. The smallest absolute Gasteiger partial charge is 0.186 e. The van der Waals surface area contributed by atoms with Crippen molar-refractivity contribution in [3.05, 3.63) is 35.8 Å². The highest BCUT2D eigenvalue weighted by Crippen LogP contribution is 2.22. The number of anilines is 1. The van der Waals surface area contributed by atoms with Crippen molar-refractivity contribution in [3.63, 3.8) is 0 Å². The third-order valence-electron chi connectivity index (χ3n) is 2.53. The van der Waals surface area contributed by atoms with E-state index >= 15 is 0 Å². The summed E-state index contributed by atoms with van der Waals surface area (Å²) in [6, 6.07) is 7.30. The predicted octanol–water partition coefficient (Wildman–Crippen LogP) is 2.96. The van der Waals surface area contributed by atoms with Gasteiger partial charge in [-0.05, 0) is 45.0 Å². The second-order valence-electron chi connectivity index (χ2n) is 4.52. The van der Waals surface area contributed by atoms with Crippen LogP contribution in [-0.2, 0) is 0 Å². The lowest BCUT2D eigenvalue weighted by Crippen LogP contribution is -2.05. The van der Waals surface area contributed by atoms with Crippen LogP contribution in [0.15, 0.2) is 24.3 Å². The van der Waals surface area contributed by atoms with E-state index in [0.29, 0.717) is 5.82 Å². The zero-order chi connectivity index (χ0) is 14.0. The van der Waals surface area contributed by atoms with Gasteiger partial charge in [0, 0.05) is 5.56 Å². The van der Waals surface area contributed by atoms with Gasteiger partial charge >= 0.3 is 0 Å². The van der Waals surface area contributed by atoms with Crippen LogP contribution < -0.4 is 10.5 Å². The van der Waals surface area contributed by atoms with Crippen molar-refractivity contribution in [3.8, 4) is 17.1 Å². The summed E-state index contributed by atoms with van der Waals surface area (Å²) in [6.07, 6.45) is 0.116. The van der Waals surface area contributed by atoms with Crippen molar-refractivity contribution in [2.75, 3.05) is 5.73 Å². The van der Waals surface area contributed by atoms with E-state index in [1.807, 2.05) is 38.1 Å². The van der Waals surface area contributed by atoms with Gasteiger partial charge in [0.05, 0.1) is 11.8 Å². The summed E-state index contributed by atoms with van der Waals surface area (Å²) in [4.78, 5) is 8.03. The summed E-state index contributed by atoms with van der Waals surface area (Å²) in [6.45, 7) is 5.48. The lowest BCUT2D eigenvalue weighted by Gasteiger charge is -2.10. The molecule has 0 spiro atoms. The van der Waals surface area contributed by atoms with Gasteiger partial charge in [-0.1, -0.05) is 0 Å². The third-order valence-corrected chi connectivity index (χ3v) is 2.53. The van der Waals surface area contributed by atoms with Crippen LogP contribution in [0.2, 0.25) is 0 Å². The number of ether oxygens (including phenoxy) is 1. The zero-order valence-corrected chi connectivity index (χ0v) is 11.1. The van der Waals surface area contributed by atoms with Crippen molar-refractivity contribution in [1.29, 1.82) is 0 Å². The van der Waals surface area contributed by atoms with Crippen LogP contribution in [0.5, 0.6) is 5.75 Å². The maximum Gasteiger partial charge on any atom is 0.186 e. The molecule has 2 aromatic rings. The number of halogens is 1. The first kappa shape index (κ1) is 13.3. The number of aromatic nitrogens is 2. The number of nitrogens with two attached hydrogens (primary N) is 1. The molecular weight excluding hydrogens is 245 g/mol. The molecular formula is C14H16FN3O. The quantitative estimate of drug-likeness (QED) is 0.922. The molecule has 0 radical (unpaired) electrons. The number of nitrogen functional groups attached to an aromatic ring is 1. The SMILES string of the molecule is Cc1nc(-c2ccc(OC(C)C)cc2)nc(N)c1F. The second kappa shape index (κ2) is 5.22. The van der Waals surface area contributed by atoms with Crippen LogP contribution in [0, 0.1) is 12.7 Å². The molecule has 2 N–H and O–H groups in total. The third kappa shape index (κ3) is 2.99. The molecule has 0 amide bonds. The van der Waals surface area contributed by atoms with Gasteiger partial charge in [-0.15, -0.1) is 0 Å². The van der Waals surface area contributed by atoms with E-state index in [1.54, 1.807) is 6.92 Å². The number of hydrogen-bond acceptors (Lipinski definition) is 4. The Bertz CT molecular complexity index is 559. The normalized spacial score (nSPS) is 10.8. The maximum atomic E-state index is 13.4. The first-order valence-corrected chi connectivity index (χ1v) is 6.04. The monoisotopic (exact) mass is 261 g/mol. The van der Waals surface area contributed by atoms with Crippen LogP contribution >= 0.6 is 0 Å². The Morgan fingerprint density at radius 3 is 2.32 bits per heavy atom. The van der Waals surface area contributed by atoms with Crippen molar-refractivity contribution in [1.82, 2.24) is 9.97 Å². The van der Waals surface area contributed by atoms with Crippen LogP contribution in [0.3, 0.4) is 0 Å². The van der Waals surface area contributed by atoms with Crippen molar-refractivity contribution in [2.24, 2.45) is 0 Å². The summed E-state index contributed by atoms with van der Waals surface area (Å²) < 4.78 is 18.9. The van der Waals surface area contributed by atoms with E-state index in [2.05, 4.69) is 9.97 Å². The fraction of sp³-hybridized carbons (Fsp3) is 0.286. The fourth-order valence-corrected chi connectivity index (χ4v) is 1.67. The maximum absolute atomic E-state index is 13.4. The molecule has 0 fully saturated rings. The zero-order valence-electron chi connectivity index (χ0n) is 11.1. The molecule has 0 bridgehead atoms. The van der Waals surface area contributed by atoms with Gasteiger partial charge in [-0.2, -0.15) is 0 Å². The molecule has 0 aliphatic heterocycles. The highest BCUT2D eigenvalue weighted by Gasteiger charge is 2.10. The highest BCUT2D eigenvalue weighted by molar-refractivity contribution is 5.58. The van der Waals surface area contributed by atoms with Gasteiger partial charge in [-0.3, -0.25) is 0 Å². The molecule has 4 nitrogen and oxygen atoms in total. The molecule has 1 aromatic heterocycles. The van der Waals surface area contributed by atoms with Crippen LogP contribution in [0.4, 0.5) is 10.2 Å². The Balaban J connectivity index is 2.32. The molecule has 19 heavy (non-hydrogen) atoms. The molecule has 2 rings (SSSR count). The van der Waals surface area contributed by atoms with Crippen LogP contribution in [-0.4, -0.2) is 16.1 Å². The molecule has 0 aliphatic rings. The highest BCUT2D eigenvalue weighted by atomic mass is 19.1. The molecule has 100 valence electrons. The van der Waals surface area contributed by atoms with Gasteiger partial charge in [0.15, 0.2) is 17.5 Å². The molecule has 0 saturated carbocycles. The average Bonchev–Trinajstić information content (AvgIpc) is 2.35. The van der Waals surface area contributed by atoms with E-state index in [0.717, 1.165) is 11.3 Å². The Hall–Kier alpha value is -2.17. The van der Waals surface area contributed by atoms with Gasteiger partial charge in [0.25, 0.3) is 0 Å². The lowest BCUT2D eigenvalue weighted by atomic mass is 10.2. The summed E-state index contributed by atoms with van der Waals surface area (Å²) in [5, 5.41) is 0. The van der Waals surface area contributed by atoms with Gasteiger partial charge in [0.1, 0.15) is 5.75 Å². The molecule has 1 heterocycles. The number of benzene rings is 1. The standard InChI is InChI=1S/C14H16FN3O/c1-8(2)19-11-6-4-10(5-7-11)14-17-9(3)12(15)13(16)18-14/h4-8H,1-3H3,(H2,16,17,18). The van der Waals surface area contributed by atoms with Gasteiger partial charge in [0.2, 0.25) is 0 Å². The number of hydrogen-bond donors (Lipinski definition) is 1. The Morgan fingerprint density at radius 2 is 1.79 bits per heavy atom. The summed E-state index contributed by atoms with van der Waals surface area (Å²) >= 11 is 0. The first-order valence-electron chi connectivity index (χ1n) is 6.04. The summed E-state index contributed by atoms with van der Waals surface area (Å²) in [5.74, 6) is 0.478. The van der Waals surface area contributed by atoms with Crippen LogP contribution in [0.25, 0.3) is 11.4 Å². The largest absolute Gasteiger partial charge is 0.491 e. The van der Waals surface area contributed by atoms with E-state index in [1.165, 1.54) is 0 Å². The Morgan fingerprint density at radius 1 is 1.16 bits per heavy atom. The van der Waals surface area contributed by atoms with Crippen molar-refractivity contribution < 1.29 is 9.13 Å². The molecule has 1 aromatic carbocycles. The van der Waals surface area contributed by atoms with E-state index in [9.17, 15) is 4.39 Å². The summed E-state index contributed by atoms with van der Waals surface area (Å²) in [5.41, 5.74) is 6.51. The molecule has 5 heteroatoms.